The third kappa shape index (κ3) is 3.25. The zero-order chi connectivity index (χ0) is 22.6. The Labute approximate surface area is 186 Å². The number of carbonyl (C=O) groups excluding carboxylic acids is 4. The Hall–Kier alpha value is -3.28. The van der Waals surface area contributed by atoms with Gasteiger partial charge in [-0.1, -0.05) is 17.7 Å². The second-order valence-electron chi connectivity index (χ2n) is 9.26. The number of nitrogens with zero attached hydrogens (tertiary/aromatic N) is 1. The third-order valence-corrected chi connectivity index (χ3v) is 7.32. The number of amides is 2. The summed E-state index contributed by atoms with van der Waals surface area (Å²) in [5.41, 5.74) is 3.08. The van der Waals surface area contributed by atoms with E-state index in [4.69, 9.17) is 4.74 Å². The highest BCUT2D eigenvalue weighted by molar-refractivity contribution is 6.22. The largest absolute Gasteiger partial charge is 0.454 e. The van der Waals surface area contributed by atoms with Crippen LogP contribution >= 0.6 is 0 Å². The lowest BCUT2D eigenvalue weighted by Gasteiger charge is -2.19. The number of benzene rings is 2. The van der Waals surface area contributed by atoms with Crippen molar-refractivity contribution in [3.63, 3.8) is 0 Å². The second-order valence-corrected chi connectivity index (χ2v) is 9.26. The quantitative estimate of drug-likeness (QED) is 0.408. The zero-order valence-electron chi connectivity index (χ0n) is 18.2. The normalized spacial score (nSPS) is 25.9. The molecule has 0 N–H and O–H groups in total. The first kappa shape index (κ1) is 20.6. The first-order chi connectivity index (χ1) is 15.3. The number of fused-ring (bicyclic) bond motifs is 5. The molecule has 3 fully saturated rings. The number of carbonyl (C=O) groups is 4. The molecule has 1 heterocycles. The van der Waals surface area contributed by atoms with E-state index in [1.165, 1.54) is 17.0 Å². The second kappa shape index (κ2) is 7.69. The van der Waals surface area contributed by atoms with Gasteiger partial charge in [0.1, 0.15) is 0 Å². The van der Waals surface area contributed by atoms with E-state index in [-0.39, 0.29) is 41.6 Å². The van der Waals surface area contributed by atoms with Gasteiger partial charge >= 0.3 is 5.97 Å². The molecule has 0 unspecified atom stereocenters. The standard InChI is InChI=1S/C26H25NO5/c1-14-3-4-15(2)20(11-14)21(28)13-32-26(31)16-7-9-19(10-8-16)27-24(29)22-17-5-6-18(12-17)23(22)25(27)30/h3-4,7-11,17-18,22-23H,5-6,12-13H2,1-2H3/t17-,18+,22-,23+. The Morgan fingerprint density at radius 2 is 1.56 bits per heavy atom. The van der Waals surface area contributed by atoms with Crippen molar-refractivity contribution in [2.75, 3.05) is 11.5 Å². The molecule has 164 valence electrons. The van der Waals surface area contributed by atoms with Crippen LogP contribution in [0.25, 0.3) is 0 Å². The number of anilines is 1. The highest BCUT2D eigenvalue weighted by Gasteiger charge is 2.61. The molecule has 2 aromatic rings. The van der Waals surface area contributed by atoms with Gasteiger partial charge in [0.15, 0.2) is 6.61 Å². The van der Waals surface area contributed by atoms with Gasteiger partial charge in [-0.3, -0.25) is 19.3 Å². The van der Waals surface area contributed by atoms with Crippen LogP contribution in [0.3, 0.4) is 0 Å². The van der Waals surface area contributed by atoms with Crippen molar-refractivity contribution >= 4 is 29.3 Å². The number of rotatable bonds is 5. The van der Waals surface area contributed by atoms with Gasteiger partial charge in [0.25, 0.3) is 0 Å². The Balaban J connectivity index is 1.25. The molecular formula is C26H25NO5. The minimum atomic E-state index is -0.621. The van der Waals surface area contributed by atoms with Gasteiger partial charge in [0.05, 0.1) is 23.1 Å². The van der Waals surface area contributed by atoms with Crippen molar-refractivity contribution in [3.8, 4) is 0 Å². The van der Waals surface area contributed by atoms with Gasteiger partial charge in [-0.15, -0.1) is 0 Å². The SMILES string of the molecule is Cc1ccc(C)c(C(=O)COC(=O)c2ccc(N3C(=O)[C@@H]4[C@@H]5CC[C@@H](C5)[C@@H]4C3=O)cc2)c1. The zero-order valence-corrected chi connectivity index (χ0v) is 18.2. The monoisotopic (exact) mass is 431 g/mol. The molecule has 2 aliphatic carbocycles. The van der Waals surface area contributed by atoms with E-state index in [0.717, 1.165) is 30.4 Å². The number of imide groups is 1. The molecule has 2 amide bonds. The van der Waals surface area contributed by atoms with Crippen molar-refractivity contribution in [1.82, 2.24) is 0 Å². The predicted octanol–water partition coefficient (Wildman–Crippen LogP) is 3.88. The summed E-state index contributed by atoms with van der Waals surface area (Å²) >= 11 is 0. The van der Waals surface area contributed by atoms with Crippen molar-refractivity contribution in [2.45, 2.75) is 33.1 Å². The smallest absolute Gasteiger partial charge is 0.338 e. The number of Topliss-reactive ketones (excluding diaryl/α,β-unsaturated/α-hetero) is 1. The highest BCUT2D eigenvalue weighted by Crippen LogP contribution is 2.56. The van der Waals surface area contributed by atoms with Crippen molar-refractivity contribution in [2.24, 2.45) is 23.7 Å². The van der Waals surface area contributed by atoms with E-state index in [1.54, 1.807) is 18.2 Å². The molecule has 0 aromatic heterocycles. The summed E-state index contributed by atoms with van der Waals surface area (Å²) in [6.45, 7) is 3.39. The Kier molecular flexibility index (Phi) is 4.96. The molecule has 1 aliphatic heterocycles. The van der Waals surface area contributed by atoms with Crippen LogP contribution in [-0.4, -0.2) is 30.2 Å². The topological polar surface area (TPSA) is 80.8 Å². The van der Waals surface area contributed by atoms with Crippen molar-refractivity contribution in [3.05, 3.63) is 64.7 Å². The summed E-state index contributed by atoms with van der Waals surface area (Å²) in [6.07, 6.45) is 3.06. The van der Waals surface area contributed by atoms with Gasteiger partial charge in [0.2, 0.25) is 17.6 Å². The van der Waals surface area contributed by atoms with Crippen molar-refractivity contribution < 1.29 is 23.9 Å². The summed E-state index contributed by atoms with van der Waals surface area (Å²) in [7, 11) is 0. The van der Waals surface area contributed by atoms with Crippen LogP contribution in [0.2, 0.25) is 0 Å². The van der Waals surface area contributed by atoms with Crippen LogP contribution in [0.1, 0.15) is 51.1 Å². The molecule has 2 bridgehead atoms. The maximum Gasteiger partial charge on any atom is 0.338 e. The molecule has 2 aromatic carbocycles. The number of ether oxygens (including phenoxy) is 1. The Morgan fingerprint density at radius 3 is 2.19 bits per heavy atom. The molecule has 5 rings (SSSR count). The predicted molar refractivity (Wildman–Crippen MR) is 117 cm³/mol. The lowest BCUT2D eigenvalue weighted by atomic mass is 9.81. The summed E-state index contributed by atoms with van der Waals surface area (Å²) in [5, 5.41) is 0. The Bertz CT molecular complexity index is 1110. The van der Waals surface area contributed by atoms with Crippen LogP contribution in [0, 0.1) is 37.5 Å². The van der Waals surface area contributed by atoms with Crippen LogP contribution in [0.15, 0.2) is 42.5 Å². The van der Waals surface area contributed by atoms with Crippen LogP contribution in [-0.2, 0) is 14.3 Å². The number of ketones is 1. The average Bonchev–Trinajstić information content (AvgIpc) is 3.47. The van der Waals surface area contributed by atoms with Gasteiger partial charge in [0, 0.05) is 5.56 Å². The van der Waals surface area contributed by atoms with Crippen molar-refractivity contribution in [1.29, 1.82) is 0 Å². The van der Waals surface area contributed by atoms with E-state index < -0.39 is 5.97 Å². The lowest BCUT2D eigenvalue weighted by Crippen LogP contribution is -2.32. The molecule has 2 saturated carbocycles. The third-order valence-electron chi connectivity index (χ3n) is 7.32. The fraction of sp³-hybridized carbons (Fsp3) is 0.385. The molecule has 3 aliphatic rings. The maximum atomic E-state index is 12.9. The minimum absolute atomic E-state index is 0.110. The van der Waals surface area contributed by atoms with Crippen LogP contribution in [0.5, 0.6) is 0 Å². The van der Waals surface area contributed by atoms with E-state index in [9.17, 15) is 19.2 Å². The number of aryl methyl sites for hydroxylation is 2. The Morgan fingerprint density at radius 1 is 0.938 bits per heavy atom. The van der Waals surface area contributed by atoms with E-state index >= 15 is 0 Å². The molecule has 6 heteroatoms. The van der Waals surface area contributed by atoms with E-state index in [2.05, 4.69) is 0 Å². The first-order valence-corrected chi connectivity index (χ1v) is 11.1. The molecule has 1 saturated heterocycles. The fourth-order valence-electron chi connectivity index (χ4n) is 5.74. The fourth-order valence-corrected chi connectivity index (χ4v) is 5.74. The molecular weight excluding hydrogens is 406 g/mol. The number of hydrogen-bond donors (Lipinski definition) is 0. The summed E-state index contributed by atoms with van der Waals surface area (Å²) in [5.74, 6) is -0.799. The van der Waals surface area contributed by atoms with E-state index in [1.807, 2.05) is 26.0 Å². The highest BCUT2D eigenvalue weighted by atomic mass is 16.5. The van der Waals surface area contributed by atoms with E-state index in [0.29, 0.717) is 23.1 Å². The molecule has 32 heavy (non-hydrogen) atoms. The first-order valence-electron chi connectivity index (χ1n) is 11.1. The molecule has 0 radical (unpaired) electrons. The van der Waals surface area contributed by atoms with Crippen LogP contribution in [0.4, 0.5) is 5.69 Å². The molecule has 6 nitrogen and oxygen atoms in total. The van der Waals surface area contributed by atoms with Gasteiger partial charge in [-0.05, 0) is 80.8 Å². The van der Waals surface area contributed by atoms with Gasteiger partial charge in [-0.2, -0.15) is 0 Å². The van der Waals surface area contributed by atoms with Crippen LogP contribution < -0.4 is 4.90 Å². The minimum Gasteiger partial charge on any atom is -0.454 e. The summed E-state index contributed by atoms with van der Waals surface area (Å²) in [4.78, 5) is 52.1. The summed E-state index contributed by atoms with van der Waals surface area (Å²) in [6, 6.07) is 11.8. The summed E-state index contributed by atoms with van der Waals surface area (Å²) < 4.78 is 5.21. The average molecular weight is 431 g/mol. The maximum absolute atomic E-state index is 12.9. The molecule has 0 spiro atoms. The van der Waals surface area contributed by atoms with Gasteiger partial charge < -0.3 is 4.74 Å². The lowest BCUT2D eigenvalue weighted by molar-refractivity contribution is -0.123. The molecule has 4 atom stereocenters. The number of esters is 1. The van der Waals surface area contributed by atoms with Gasteiger partial charge in [-0.25, -0.2) is 4.79 Å². The number of hydrogen-bond acceptors (Lipinski definition) is 5.